The molecule has 0 heterocycles. The first-order valence-electron chi connectivity index (χ1n) is 6.68. The lowest BCUT2D eigenvalue weighted by atomic mass is 10.4. The zero-order valence-electron chi connectivity index (χ0n) is 11.7. The third kappa shape index (κ3) is 5.76. The van der Waals surface area contributed by atoms with Crippen LogP contribution in [0.1, 0.15) is 0 Å². The Morgan fingerprint density at radius 1 is 0.955 bits per heavy atom. The first-order chi connectivity index (χ1) is 10.7. The van der Waals surface area contributed by atoms with Crippen LogP contribution in [0.3, 0.4) is 0 Å². The van der Waals surface area contributed by atoms with Gasteiger partial charge < -0.3 is 5.32 Å². The summed E-state index contributed by atoms with van der Waals surface area (Å²) in [6, 6.07) is 15.4. The molecule has 6 heteroatoms. The summed E-state index contributed by atoms with van der Waals surface area (Å²) in [4.78, 5) is 13.8. The van der Waals surface area contributed by atoms with Gasteiger partial charge in [-0.1, -0.05) is 47.5 Å². The Balaban J connectivity index is 1.68. The van der Waals surface area contributed by atoms with Crippen LogP contribution in [0.5, 0.6) is 0 Å². The van der Waals surface area contributed by atoms with Crippen molar-refractivity contribution in [1.29, 1.82) is 0 Å². The van der Waals surface area contributed by atoms with Crippen molar-refractivity contribution in [2.24, 2.45) is 0 Å². The highest BCUT2D eigenvalue weighted by Gasteiger charge is 2.09. The molecule has 2 aromatic carbocycles. The lowest BCUT2D eigenvalue weighted by Gasteiger charge is -2.07. The second-order valence-corrected chi connectivity index (χ2v) is 7.32. The molecule has 2 aromatic rings. The highest BCUT2D eigenvalue weighted by Crippen LogP contribution is 2.33. The number of nitrogens with one attached hydrogen (secondary N) is 1. The van der Waals surface area contributed by atoms with Gasteiger partial charge in [0.25, 0.3) is 0 Å². The van der Waals surface area contributed by atoms with Gasteiger partial charge in [-0.05, 0) is 24.3 Å². The number of halogens is 2. The molecule has 2 nitrogen and oxygen atoms in total. The standard InChI is InChI=1S/C16H15Cl2NOS2/c17-13-7-4-8-14(18)16(13)22-11-15(20)19-9-10-21-12-5-2-1-3-6-12/h1-8H,9-11H2,(H,19,20). The van der Waals surface area contributed by atoms with Crippen LogP contribution in [0.4, 0.5) is 0 Å². The molecule has 22 heavy (non-hydrogen) atoms. The van der Waals surface area contributed by atoms with Crippen molar-refractivity contribution in [2.75, 3.05) is 18.1 Å². The fraction of sp³-hybridized carbons (Fsp3) is 0.188. The fourth-order valence-electron chi connectivity index (χ4n) is 1.69. The Hall–Kier alpha value is -0.810. The third-order valence-electron chi connectivity index (χ3n) is 2.70. The Bertz CT molecular complexity index is 603. The van der Waals surface area contributed by atoms with E-state index in [1.807, 2.05) is 18.2 Å². The van der Waals surface area contributed by atoms with Crippen molar-refractivity contribution in [2.45, 2.75) is 9.79 Å². The maximum Gasteiger partial charge on any atom is 0.230 e. The van der Waals surface area contributed by atoms with E-state index in [-0.39, 0.29) is 5.91 Å². The first kappa shape index (κ1) is 17.5. The van der Waals surface area contributed by atoms with Gasteiger partial charge in [0.05, 0.1) is 15.8 Å². The second kappa shape index (κ2) is 9.36. The Morgan fingerprint density at radius 3 is 2.32 bits per heavy atom. The average molecular weight is 372 g/mol. The zero-order chi connectivity index (χ0) is 15.8. The predicted octanol–water partition coefficient (Wildman–Crippen LogP) is 4.99. The molecule has 0 bridgehead atoms. The van der Waals surface area contributed by atoms with Gasteiger partial charge in [0.1, 0.15) is 0 Å². The van der Waals surface area contributed by atoms with Crippen LogP contribution in [0, 0.1) is 0 Å². The number of carbonyl (C=O) groups excluding carboxylic acids is 1. The van der Waals surface area contributed by atoms with Crippen LogP contribution in [0.2, 0.25) is 10.0 Å². The molecule has 0 aromatic heterocycles. The number of amides is 1. The summed E-state index contributed by atoms with van der Waals surface area (Å²) in [5, 5.41) is 4.04. The number of thioether (sulfide) groups is 2. The summed E-state index contributed by atoms with van der Waals surface area (Å²) in [5.41, 5.74) is 0. The number of rotatable bonds is 7. The van der Waals surface area contributed by atoms with Gasteiger partial charge in [-0.2, -0.15) is 0 Å². The topological polar surface area (TPSA) is 29.1 Å². The predicted molar refractivity (Wildman–Crippen MR) is 97.4 cm³/mol. The Kier molecular flexibility index (Phi) is 7.46. The lowest BCUT2D eigenvalue weighted by molar-refractivity contribution is -0.118. The van der Waals surface area contributed by atoms with Crippen LogP contribution < -0.4 is 5.32 Å². The number of hydrogen-bond donors (Lipinski definition) is 1. The van der Waals surface area contributed by atoms with E-state index in [1.54, 1.807) is 30.0 Å². The van der Waals surface area contributed by atoms with E-state index in [1.165, 1.54) is 16.7 Å². The average Bonchev–Trinajstić information content (AvgIpc) is 2.52. The molecule has 1 N–H and O–H groups in total. The van der Waals surface area contributed by atoms with Crippen molar-refractivity contribution in [3.63, 3.8) is 0 Å². The minimum Gasteiger partial charge on any atom is -0.355 e. The summed E-state index contributed by atoms with van der Waals surface area (Å²) in [7, 11) is 0. The molecule has 0 spiro atoms. The molecule has 0 unspecified atom stereocenters. The zero-order valence-corrected chi connectivity index (χ0v) is 14.9. The smallest absolute Gasteiger partial charge is 0.230 e. The summed E-state index contributed by atoms with van der Waals surface area (Å²) in [6.45, 7) is 0.634. The minimum absolute atomic E-state index is 0.0188. The van der Waals surface area contributed by atoms with Crippen molar-refractivity contribution in [1.82, 2.24) is 5.32 Å². The molecule has 1 amide bonds. The van der Waals surface area contributed by atoms with Gasteiger partial charge >= 0.3 is 0 Å². The largest absolute Gasteiger partial charge is 0.355 e. The van der Waals surface area contributed by atoms with Crippen molar-refractivity contribution in [3.05, 3.63) is 58.6 Å². The molecule has 0 aliphatic heterocycles. The van der Waals surface area contributed by atoms with E-state index in [4.69, 9.17) is 23.2 Å². The number of hydrogen-bond acceptors (Lipinski definition) is 3. The Labute approximate surface area is 149 Å². The molecule has 0 atom stereocenters. The maximum atomic E-state index is 11.8. The van der Waals surface area contributed by atoms with Crippen molar-refractivity contribution >= 4 is 52.6 Å². The summed E-state index contributed by atoms with van der Waals surface area (Å²) in [6.07, 6.45) is 0. The Morgan fingerprint density at radius 2 is 1.64 bits per heavy atom. The fourth-order valence-corrected chi connectivity index (χ4v) is 3.99. The summed E-state index contributed by atoms with van der Waals surface area (Å²) >= 11 is 15.2. The van der Waals surface area contributed by atoms with E-state index >= 15 is 0 Å². The third-order valence-corrected chi connectivity index (χ3v) is 5.71. The van der Waals surface area contributed by atoms with Crippen LogP contribution in [-0.2, 0) is 4.79 Å². The molecular weight excluding hydrogens is 357 g/mol. The van der Waals surface area contributed by atoms with Crippen LogP contribution in [-0.4, -0.2) is 24.0 Å². The molecule has 2 rings (SSSR count). The minimum atomic E-state index is -0.0188. The normalized spacial score (nSPS) is 10.5. The van der Waals surface area contributed by atoms with Crippen LogP contribution >= 0.6 is 46.7 Å². The van der Waals surface area contributed by atoms with Gasteiger partial charge in [-0.15, -0.1) is 23.5 Å². The highest BCUT2D eigenvalue weighted by molar-refractivity contribution is 8.00. The van der Waals surface area contributed by atoms with Crippen LogP contribution in [0.15, 0.2) is 58.3 Å². The molecule has 116 valence electrons. The molecule has 0 saturated heterocycles. The van der Waals surface area contributed by atoms with Gasteiger partial charge in [0.2, 0.25) is 5.91 Å². The van der Waals surface area contributed by atoms with E-state index in [2.05, 4.69) is 17.4 Å². The molecule has 0 radical (unpaired) electrons. The van der Waals surface area contributed by atoms with Gasteiger partial charge in [-0.3, -0.25) is 4.79 Å². The van der Waals surface area contributed by atoms with Gasteiger partial charge in [0, 0.05) is 22.1 Å². The number of carbonyl (C=O) groups is 1. The van der Waals surface area contributed by atoms with Crippen molar-refractivity contribution < 1.29 is 4.79 Å². The monoisotopic (exact) mass is 371 g/mol. The first-order valence-corrected chi connectivity index (χ1v) is 9.41. The number of benzene rings is 2. The molecule has 0 aliphatic rings. The lowest BCUT2D eigenvalue weighted by Crippen LogP contribution is -2.27. The van der Waals surface area contributed by atoms with Gasteiger partial charge in [0.15, 0.2) is 0 Å². The SMILES string of the molecule is O=C(CSc1c(Cl)cccc1Cl)NCCSc1ccccc1. The van der Waals surface area contributed by atoms with E-state index in [9.17, 15) is 4.79 Å². The summed E-state index contributed by atoms with van der Waals surface area (Å²) in [5.74, 6) is 1.13. The quantitative estimate of drug-likeness (QED) is 0.548. The van der Waals surface area contributed by atoms with E-state index in [0.29, 0.717) is 22.3 Å². The van der Waals surface area contributed by atoms with Gasteiger partial charge in [-0.25, -0.2) is 0 Å². The van der Waals surface area contributed by atoms with E-state index in [0.717, 1.165) is 10.6 Å². The van der Waals surface area contributed by atoms with Crippen LogP contribution in [0.25, 0.3) is 0 Å². The van der Waals surface area contributed by atoms with E-state index < -0.39 is 0 Å². The molecule has 0 saturated carbocycles. The highest BCUT2D eigenvalue weighted by atomic mass is 35.5. The molecule has 0 aliphatic carbocycles. The summed E-state index contributed by atoms with van der Waals surface area (Å²) < 4.78 is 0. The second-order valence-electron chi connectivity index (χ2n) is 4.35. The molecule has 0 fully saturated rings. The maximum absolute atomic E-state index is 11.8. The molecular formula is C16H15Cl2NOS2. The van der Waals surface area contributed by atoms with Crippen molar-refractivity contribution in [3.8, 4) is 0 Å².